The third-order valence-electron chi connectivity index (χ3n) is 2.65. The summed E-state index contributed by atoms with van der Waals surface area (Å²) in [5.41, 5.74) is -3.69. The van der Waals surface area contributed by atoms with Gasteiger partial charge in [-0.05, 0) is 11.6 Å². The summed E-state index contributed by atoms with van der Waals surface area (Å²) in [6.07, 6.45) is 2.21. The van der Waals surface area contributed by atoms with Crippen molar-refractivity contribution in [2.45, 2.75) is 17.1 Å². The zero-order valence-electron chi connectivity index (χ0n) is 10.6. The van der Waals surface area contributed by atoms with Gasteiger partial charge in [0.25, 0.3) is 6.20 Å². The largest absolute Gasteiger partial charge is 0.447 e. The SMILES string of the molecule is O=[N+]([O-])C=C1NCCN1Cc1ccc(SC(F)(F)F)nc1. The van der Waals surface area contributed by atoms with Crippen molar-refractivity contribution in [1.82, 2.24) is 15.2 Å². The molecule has 1 saturated heterocycles. The van der Waals surface area contributed by atoms with E-state index in [1.165, 1.54) is 18.3 Å². The van der Waals surface area contributed by atoms with E-state index in [1.54, 1.807) is 4.90 Å². The van der Waals surface area contributed by atoms with Crippen LogP contribution < -0.4 is 5.32 Å². The van der Waals surface area contributed by atoms with Crippen LogP contribution in [0, 0.1) is 10.1 Å². The van der Waals surface area contributed by atoms with Gasteiger partial charge in [0.2, 0.25) is 0 Å². The van der Waals surface area contributed by atoms with E-state index in [1.807, 2.05) is 0 Å². The van der Waals surface area contributed by atoms with Crippen LogP contribution in [0.3, 0.4) is 0 Å². The van der Waals surface area contributed by atoms with Crippen LogP contribution in [-0.4, -0.2) is 33.4 Å². The molecule has 1 aromatic heterocycles. The Morgan fingerprint density at radius 2 is 2.29 bits per heavy atom. The van der Waals surface area contributed by atoms with Gasteiger partial charge < -0.3 is 10.2 Å². The maximum absolute atomic E-state index is 12.2. The Morgan fingerprint density at radius 1 is 1.52 bits per heavy atom. The maximum Gasteiger partial charge on any atom is 0.447 e. The normalized spacial score (nSPS) is 17.1. The fourth-order valence-corrected chi connectivity index (χ4v) is 2.32. The number of nitrogens with one attached hydrogen (secondary N) is 1. The molecule has 0 amide bonds. The van der Waals surface area contributed by atoms with Crippen LogP contribution >= 0.6 is 11.8 Å². The molecule has 0 radical (unpaired) electrons. The first-order chi connectivity index (χ1) is 9.83. The molecule has 10 heteroatoms. The van der Waals surface area contributed by atoms with Crippen LogP contribution in [0.1, 0.15) is 5.56 Å². The third kappa shape index (κ3) is 4.81. The van der Waals surface area contributed by atoms with Gasteiger partial charge in [0.15, 0.2) is 5.82 Å². The second kappa shape index (κ2) is 6.20. The summed E-state index contributed by atoms with van der Waals surface area (Å²) in [4.78, 5) is 15.4. The highest BCUT2D eigenvalue weighted by Crippen LogP contribution is 2.35. The van der Waals surface area contributed by atoms with E-state index < -0.39 is 10.4 Å². The molecule has 1 aliphatic rings. The van der Waals surface area contributed by atoms with E-state index in [4.69, 9.17) is 0 Å². The topological polar surface area (TPSA) is 71.3 Å². The number of aromatic nitrogens is 1. The highest BCUT2D eigenvalue weighted by atomic mass is 32.2. The Balaban J connectivity index is 2.02. The van der Waals surface area contributed by atoms with Crippen molar-refractivity contribution in [2.24, 2.45) is 0 Å². The van der Waals surface area contributed by atoms with E-state index >= 15 is 0 Å². The van der Waals surface area contributed by atoms with E-state index in [-0.39, 0.29) is 16.8 Å². The van der Waals surface area contributed by atoms with Crippen molar-refractivity contribution in [1.29, 1.82) is 0 Å². The lowest BCUT2D eigenvalue weighted by Crippen LogP contribution is -2.20. The zero-order valence-corrected chi connectivity index (χ0v) is 11.4. The molecular weight excluding hydrogens is 309 g/mol. The van der Waals surface area contributed by atoms with Gasteiger partial charge in [0.1, 0.15) is 5.03 Å². The number of thioether (sulfide) groups is 1. The monoisotopic (exact) mass is 320 g/mol. The van der Waals surface area contributed by atoms with Crippen LogP contribution in [-0.2, 0) is 6.54 Å². The van der Waals surface area contributed by atoms with Crippen LogP contribution in [0.2, 0.25) is 0 Å². The summed E-state index contributed by atoms with van der Waals surface area (Å²) in [5.74, 6) is 0.383. The third-order valence-corrected chi connectivity index (χ3v) is 3.33. The lowest BCUT2D eigenvalue weighted by molar-refractivity contribution is -0.404. The Hall–Kier alpha value is -1.97. The second-order valence-corrected chi connectivity index (χ2v) is 5.29. The molecule has 6 nitrogen and oxygen atoms in total. The fourth-order valence-electron chi connectivity index (χ4n) is 1.85. The van der Waals surface area contributed by atoms with Crippen LogP contribution in [0.15, 0.2) is 35.4 Å². The van der Waals surface area contributed by atoms with Gasteiger partial charge >= 0.3 is 5.51 Å². The number of pyridine rings is 1. The summed E-state index contributed by atoms with van der Waals surface area (Å²) in [6, 6.07) is 2.82. The van der Waals surface area contributed by atoms with Gasteiger partial charge in [0.05, 0.1) is 4.92 Å². The Kier molecular flexibility index (Phi) is 4.56. The smallest absolute Gasteiger partial charge is 0.365 e. The highest BCUT2D eigenvalue weighted by Gasteiger charge is 2.30. The lowest BCUT2D eigenvalue weighted by Gasteiger charge is -2.17. The quantitative estimate of drug-likeness (QED) is 0.521. The Labute approximate surface area is 122 Å². The average molecular weight is 320 g/mol. The maximum atomic E-state index is 12.2. The average Bonchev–Trinajstić information content (AvgIpc) is 2.76. The number of halogens is 3. The molecular formula is C11H11F3N4O2S. The first kappa shape index (κ1) is 15.4. The van der Waals surface area contributed by atoms with E-state index in [0.717, 1.165) is 6.20 Å². The summed E-state index contributed by atoms with van der Waals surface area (Å²) >= 11 is -0.277. The predicted octanol–water partition coefficient (Wildman–Crippen LogP) is 2.17. The molecule has 1 aromatic rings. The predicted molar refractivity (Wildman–Crippen MR) is 69.6 cm³/mol. The van der Waals surface area contributed by atoms with Crippen LogP contribution in [0.4, 0.5) is 13.2 Å². The molecule has 0 aromatic carbocycles. The zero-order chi connectivity index (χ0) is 15.5. The number of alkyl halides is 3. The number of nitro groups is 1. The Bertz CT molecular complexity index is 547. The summed E-state index contributed by atoms with van der Waals surface area (Å²) in [7, 11) is 0. The number of hydrogen-bond donors (Lipinski definition) is 1. The standard InChI is InChI=1S/C11H11F3N4O2S/c12-11(13,14)21-10-2-1-8(5-16-10)6-17-4-3-15-9(17)7-18(19)20/h1-2,5,7,15H,3-4,6H2. The first-order valence-corrected chi connectivity index (χ1v) is 6.70. The van der Waals surface area contributed by atoms with Gasteiger partial charge in [-0.1, -0.05) is 6.07 Å². The minimum absolute atomic E-state index is 0.133. The van der Waals surface area contributed by atoms with Crippen molar-refractivity contribution >= 4 is 11.8 Å². The van der Waals surface area contributed by atoms with Gasteiger partial charge in [-0.3, -0.25) is 10.1 Å². The molecule has 1 fully saturated rings. The van der Waals surface area contributed by atoms with E-state index in [2.05, 4.69) is 10.3 Å². The van der Waals surface area contributed by atoms with E-state index in [0.29, 0.717) is 31.0 Å². The lowest BCUT2D eigenvalue weighted by atomic mass is 10.2. The highest BCUT2D eigenvalue weighted by molar-refractivity contribution is 8.00. The van der Waals surface area contributed by atoms with Gasteiger partial charge in [-0.15, -0.1) is 0 Å². The Morgan fingerprint density at radius 3 is 2.86 bits per heavy atom. The van der Waals surface area contributed by atoms with Gasteiger partial charge in [-0.2, -0.15) is 13.2 Å². The van der Waals surface area contributed by atoms with Crippen molar-refractivity contribution in [3.8, 4) is 0 Å². The molecule has 0 spiro atoms. The molecule has 1 aliphatic heterocycles. The molecule has 114 valence electrons. The number of nitrogens with zero attached hydrogens (tertiary/aromatic N) is 3. The van der Waals surface area contributed by atoms with E-state index in [9.17, 15) is 23.3 Å². The number of hydrogen-bond acceptors (Lipinski definition) is 6. The van der Waals surface area contributed by atoms with Gasteiger partial charge in [-0.25, -0.2) is 4.98 Å². The molecule has 0 saturated carbocycles. The van der Waals surface area contributed by atoms with Crippen molar-refractivity contribution in [3.63, 3.8) is 0 Å². The summed E-state index contributed by atoms with van der Waals surface area (Å²) in [5, 5.41) is 13.2. The minimum atomic E-state index is -4.37. The van der Waals surface area contributed by atoms with Gasteiger partial charge in [0, 0.05) is 37.6 Å². The minimum Gasteiger partial charge on any atom is -0.365 e. The number of rotatable bonds is 4. The molecule has 2 heterocycles. The second-order valence-electron chi connectivity index (χ2n) is 4.20. The summed E-state index contributed by atoms with van der Waals surface area (Å²) in [6.45, 7) is 1.50. The van der Waals surface area contributed by atoms with Crippen LogP contribution in [0.5, 0.6) is 0 Å². The summed E-state index contributed by atoms with van der Waals surface area (Å²) < 4.78 is 36.5. The fraction of sp³-hybridized carbons (Fsp3) is 0.364. The molecule has 0 atom stereocenters. The molecule has 2 rings (SSSR count). The molecule has 0 aliphatic carbocycles. The molecule has 21 heavy (non-hydrogen) atoms. The van der Waals surface area contributed by atoms with Crippen LogP contribution in [0.25, 0.3) is 0 Å². The van der Waals surface area contributed by atoms with Crippen molar-refractivity contribution in [2.75, 3.05) is 13.1 Å². The van der Waals surface area contributed by atoms with Crippen molar-refractivity contribution in [3.05, 3.63) is 46.0 Å². The molecule has 0 unspecified atom stereocenters. The van der Waals surface area contributed by atoms with Crippen molar-refractivity contribution < 1.29 is 18.1 Å². The molecule has 1 N–H and O–H groups in total. The first-order valence-electron chi connectivity index (χ1n) is 5.88. The molecule has 0 bridgehead atoms.